The molecule has 17 heavy (non-hydrogen) atoms. The van der Waals surface area contributed by atoms with E-state index in [1.54, 1.807) is 6.08 Å². The van der Waals surface area contributed by atoms with Crippen LogP contribution < -0.4 is 0 Å². The van der Waals surface area contributed by atoms with Gasteiger partial charge in [0, 0.05) is 5.56 Å². The summed E-state index contributed by atoms with van der Waals surface area (Å²) < 4.78 is 0. The number of carbonyl (C=O) groups excluding carboxylic acids is 1. The molecule has 0 aliphatic carbocycles. The second-order valence-electron chi connectivity index (χ2n) is 4.16. The lowest BCUT2D eigenvalue weighted by molar-refractivity contribution is 0.103. The molecular formula is C16H18O. The molecule has 0 amide bonds. The monoisotopic (exact) mass is 226 g/mol. The number of allylic oxidation sites excluding steroid dienone is 5. The highest BCUT2D eigenvalue weighted by Gasteiger charge is 2.06. The van der Waals surface area contributed by atoms with Gasteiger partial charge in [0.25, 0.3) is 0 Å². The number of hydrogen-bond acceptors (Lipinski definition) is 1. The average molecular weight is 226 g/mol. The molecule has 0 aliphatic rings. The Kier molecular flexibility index (Phi) is 4.65. The van der Waals surface area contributed by atoms with Crippen LogP contribution in [-0.4, -0.2) is 5.78 Å². The first-order chi connectivity index (χ1) is 8.04. The first-order valence-electron chi connectivity index (χ1n) is 5.63. The lowest BCUT2D eigenvalue weighted by atomic mass is 10.0. The van der Waals surface area contributed by atoms with Crippen molar-refractivity contribution in [1.29, 1.82) is 0 Å². The largest absolute Gasteiger partial charge is 0.289 e. The highest BCUT2D eigenvalue weighted by Crippen LogP contribution is 2.10. The second-order valence-corrected chi connectivity index (χ2v) is 4.16. The zero-order chi connectivity index (χ0) is 12.8. The minimum absolute atomic E-state index is 0.0677. The maximum absolute atomic E-state index is 12.0. The summed E-state index contributed by atoms with van der Waals surface area (Å²) in [6.07, 6.45) is 5.49. The lowest BCUT2D eigenvalue weighted by Crippen LogP contribution is -2.00. The fourth-order valence-electron chi connectivity index (χ4n) is 1.33. The van der Waals surface area contributed by atoms with Crippen LogP contribution >= 0.6 is 0 Å². The molecule has 0 bridgehead atoms. The fraction of sp³-hybridized carbons (Fsp3) is 0.188. The zero-order valence-corrected chi connectivity index (χ0v) is 10.7. The van der Waals surface area contributed by atoms with Gasteiger partial charge in [-0.05, 0) is 26.3 Å². The topological polar surface area (TPSA) is 17.1 Å². The van der Waals surface area contributed by atoms with Gasteiger partial charge in [-0.3, -0.25) is 4.79 Å². The van der Waals surface area contributed by atoms with Crippen molar-refractivity contribution in [2.45, 2.75) is 20.8 Å². The summed E-state index contributed by atoms with van der Waals surface area (Å²) >= 11 is 0. The van der Waals surface area contributed by atoms with Crippen molar-refractivity contribution >= 4 is 5.78 Å². The number of hydrogen-bond donors (Lipinski definition) is 0. The third kappa shape index (κ3) is 3.87. The van der Waals surface area contributed by atoms with E-state index in [-0.39, 0.29) is 5.78 Å². The maximum Gasteiger partial charge on any atom is 0.188 e. The van der Waals surface area contributed by atoms with Crippen LogP contribution in [0.3, 0.4) is 0 Å². The lowest BCUT2D eigenvalue weighted by Gasteiger charge is -2.01. The summed E-state index contributed by atoms with van der Waals surface area (Å²) in [4.78, 5) is 12.0. The molecule has 0 saturated heterocycles. The van der Waals surface area contributed by atoms with E-state index in [1.807, 2.05) is 57.2 Å². The van der Waals surface area contributed by atoms with Crippen molar-refractivity contribution in [3.05, 3.63) is 71.3 Å². The molecule has 0 N–H and O–H groups in total. The Morgan fingerprint density at radius 1 is 1.12 bits per heavy atom. The number of ketones is 1. The second kappa shape index (κ2) is 6.00. The molecule has 0 aliphatic heterocycles. The average Bonchev–Trinajstić information content (AvgIpc) is 2.35. The van der Waals surface area contributed by atoms with E-state index in [1.165, 1.54) is 0 Å². The Morgan fingerprint density at radius 2 is 1.71 bits per heavy atom. The molecular weight excluding hydrogens is 208 g/mol. The normalized spacial score (nSPS) is 12.4. The van der Waals surface area contributed by atoms with Crippen LogP contribution in [0, 0.1) is 6.92 Å². The molecule has 0 saturated carbocycles. The SMILES string of the molecule is C=C/C(C)=C\C=C(/C)C(=O)c1ccc(C)cc1. The molecule has 88 valence electrons. The van der Waals surface area contributed by atoms with Crippen LogP contribution in [0.4, 0.5) is 0 Å². The fourth-order valence-corrected chi connectivity index (χ4v) is 1.33. The van der Waals surface area contributed by atoms with Crippen molar-refractivity contribution < 1.29 is 4.79 Å². The molecule has 0 unspecified atom stereocenters. The van der Waals surface area contributed by atoms with Crippen molar-refractivity contribution in [2.24, 2.45) is 0 Å². The van der Waals surface area contributed by atoms with Crippen LogP contribution in [0.2, 0.25) is 0 Å². The summed E-state index contributed by atoms with van der Waals surface area (Å²) in [5, 5.41) is 0. The first kappa shape index (κ1) is 13.2. The molecule has 1 aromatic carbocycles. The summed E-state index contributed by atoms with van der Waals surface area (Å²) in [6, 6.07) is 7.62. The Bertz CT molecular complexity index is 473. The smallest absolute Gasteiger partial charge is 0.188 e. The Balaban J connectivity index is 2.90. The van der Waals surface area contributed by atoms with Gasteiger partial charge in [-0.25, -0.2) is 0 Å². The third-order valence-corrected chi connectivity index (χ3v) is 2.59. The van der Waals surface area contributed by atoms with E-state index >= 15 is 0 Å². The standard InChI is InChI=1S/C16H18O/c1-5-12(2)6-9-14(4)16(17)15-10-7-13(3)8-11-15/h5-11H,1H2,2-4H3/b12-6-,14-9+. The maximum atomic E-state index is 12.0. The van der Waals surface area contributed by atoms with E-state index < -0.39 is 0 Å². The van der Waals surface area contributed by atoms with E-state index in [9.17, 15) is 4.79 Å². The van der Waals surface area contributed by atoms with Gasteiger partial charge in [-0.2, -0.15) is 0 Å². The zero-order valence-electron chi connectivity index (χ0n) is 10.7. The summed E-state index contributed by atoms with van der Waals surface area (Å²) in [5.74, 6) is 0.0677. The van der Waals surface area contributed by atoms with Crippen LogP contribution in [0.15, 0.2) is 60.2 Å². The van der Waals surface area contributed by atoms with Crippen LogP contribution in [0.25, 0.3) is 0 Å². The van der Waals surface area contributed by atoms with Gasteiger partial charge < -0.3 is 0 Å². The van der Waals surface area contributed by atoms with E-state index in [4.69, 9.17) is 0 Å². The first-order valence-corrected chi connectivity index (χ1v) is 5.63. The van der Waals surface area contributed by atoms with Crippen LogP contribution in [-0.2, 0) is 0 Å². The van der Waals surface area contributed by atoms with Crippen molar-refractivity contribution in [2.75, 3.05) is 0 Å². The van der Waals surface area contributed by atoms with Crippen molar-refractivity contribution in [3.63, 3.8) is 0 Å². The molecule has 0 atom stereocenters. The quantitative estimate of drug-likeness (QED) is 0.426. The predicted molar refractivity (Wildman–Crippen MR) is 73.2 cm³/mol. The molecule has 0 heterocycles. The number of carbonyl (C=O) groups is 1. The minimum atomic E-state index is 0.0677. The summed E-state index contributed by atoms with van der Waals surface area (Å²) in [5.41, 5.74) is 3.66. The number of rotatable bonds is 4. The molecule has 0 aromatic heterocycles. The van der Waals surface area contributed by atoms with Crippen molar-refractivity contribution in [1.82, 2.24) is 0 Å². The van der Waals surface area contributed by atoms with E-state index in [0.717, 1.165) is 22.3 Å². The van der Waals surface area contributed by atoms with Gasteiger partial charge >= 0.3 is 0 Å². The molecule has 1 nitrogen and oxygen atoms in total. The van der Waals surface area contributed by atoms with Gasteiger partial charge in [0.05, 0.1) is 0 Å². The predicted octanol–water partition coefficient (Wildman–Crippen LogP) is 4.26. The van der Waals surface area contributed by atoms with Crippen LogP contribution in [0.5, 0.6) is 0 Å². The molecule has 1 rings (SSSR count). The highest BCUT2D eigenvalue weighted by atomic mass is 16.1. The Hall–Kier alpha value is -1.89. The molecule has 0 radical (unpaired) electrons. The molecule has 1 heteroatoms. The minimum Gasteiger partial charge on any atom is -0.289 e. The summed E-state index contributed by atoms with van der Waals surface area (Å²) in [7, 11) is 0. The van der Waals surface area contributed by atoms with Gasteiger partial charge in [0.15, 0.2) is 5.78 Å². The highest BCUT2D eigenvalue weighted by molar-refractivity contribution is 6.08. The summed E-state index contributed by atoms with van der Waals surface area (Å²) in [6.45, 7) is 9.46. The molecule has 0 spiro atoms. The van der Waals surface area contributed by atoms with Gasteiger partial charge in [0.1, 0.15) is 0 Å². The molecule has 1 aromatic rings. The van der Waals surface area contributed by atoms with Gasteiger partial charge in [-0.15, -0.1) is 0 Å². The van der Waals surface area contributed by atoms with Crippen LogP contribution in [0.1, 0.15) is 29.8 Å². The number of aryl methyl sites for hydroxylation is 1. The van der Waals surface area contributed by atoms with Gasteiger partial charge in [0.2, 0.25) is 0 Å². The third-order valence-electron chi connectivity index (χ3n) is 2.59. The van der Waals surface area contributed by atoms with E-state index in [2.05, 4.69) is 6.58 Å². The number of Topliss-reactive ketones (excluding diaryl/α,β-unsaturated/α-hetero) is 1. The van der Waals surface area contributed by atoms with Crippen molar-refractivity contribution in [3.8, 4) is 0 Å². The van der Waals surface area contributed by atoms with Gasteiger partial charge in [-0.1, -0.05) is 60.2 Å². The van der Waals surface area contributed by atoms with E-state index in [0.29, 0.717) is 0 Å². The Morgan fingerprint density at radius 3 is 2.24 bits per heavy atom. The number of benzene rings is 1. The Labute approximate surface area is 103 Å². The molecule has 0 fully saturated rings.